The summed E-state index contributed by atoms with van der Waals surface area (Å²) in [5, 5.41) is 0. The molecule has 0 heterocycles. The highest BCUT2D eigenvalue weighted by Crippen LogP contribution is 2.13. The van der Waals surface area contributed by atoms with Crippen molar-refractivity contribution >= 4 is 10.1 Å². The van der Waals surface area contributed by atoms with Crippen molar-refractivity contribution < 1.29 is 17.5 Å². The smallest absolute Gasteiger partial charge is 0.0916 e. The van der Waals surface area contributed by atoms with Crippen LogP contribution in [0.4, 0.5) is 0 Å². The van der Waals surface area contributed by atoms with Crippen LogP contribution in [0.25, 0.3) is 0 Å². The molecule has 0 amide bonds. The lowest BCUT2D eigenvalue weighted by molar-refractivity contribution is -0.870. The minimum absolute atomic E-state index is 0.604. The van der Waals surface area contributed by atoms with Gasteiger partial charge in [0.15, 0.2) is 0 Å². The van der Waals surface area contributed by atoms with E-state index in [1.165, 1.54) is 96.4 Å². The third-order valence-electron chi connectivity index (χ3n) is 4.18. The first-order chi connectivity index (χ1) is 13.3. The van der Waals surface area contributed by atoms with Gasteiger partial charge in [0.05, 0.1) is 37.8 Å². The molecule has 0 rings (SSSR count). The number of rotatable bonds is 15. The van der Waals surface area contributed by atoms with Crippen LogP contribution < -0.4 is 0 Å². The Morgan fingerprint density at radius 2 is 0.862 bits per heavy atom. The SMILES string of the molecule is CCCCCCCCCCCCCCCC[N+](C)(C)C.CN(C)C.CS(=O)(=O)[O-]. The Labute approximate surface area is 184 Å². The number of hydrogen-bond acceptors (Lipinski definition) is 4. The van der Waals surface area contributed by atoms with Gasteiger partial charge in [0.25, 0.3) is 0 Å². The van der Waals surface area contributed by atoms with Crippen LogP contribution >= 0.6 is 0 Å². The topological polar surface area (TPSA) is 60.4 Å². The largest absolute Gasteiger partial charge is 0.748 e. The molecule has 0 aromatic rings. The average Bonchev–Trinajstić information content (AvgIpc) is 2.52. The lowest BCUT2D eigenvalue weighted by Crippen LogP contribution is -2.35. The Hall–Kier alpha value is -0.170. The third-order valence-corrected chi connectivity index (χ3v) is 4.18. The molecule has 0 aromatic carbocycles. The molecule has 0 unspecified atom stereocenters. The highest BCUT2D eigenvalue weighted by atomic mass is 32.2. The molecule has 0 saturated heterocycles. The first kappa shape index (κ1) is 33.5. The summed E-state index contributed by atoms with van der Waals surface area (Å²) in [6, 6.07) is 0. The molecule has 0 N–H and O–H groups in total. The van der Waals surface area contributed by atoms with Gasteiger partial charge in [0, 0.05) is 6.26 Å². The van der Waals surface area contributed by atoms with Crippen LogP contribution in [0.2, 0.25) is 0 Å². The van der Waals surface area contributed by atoms with E-state index in [4.69, 9.17) is 13.0 Å². The van der Waals surface area contributed by atoms with Crippen molar-refractivity contribution in [2.45, 2.75) is 96.8 Å². The summed E-state index contributed by atoms with van der Waals surface area (Å²) < 4.78 is 28.4. The van der Waals surface area contributed by atoms with Crippen molar-refractivity contribution in [3.8, 4) is 0 Å². The predicted octanol–water partition coefficient (Wildman–Crippen LogP) is 5.51. The molecule has 0 aromatic heterocycles. The normalized spacial score (nSPS) is 11.5. The Kier molecular flexibility index (Phi) is 26.0. The van der Waals surface area contributed by atoms with Crippen LogP contribution in [0.3, 0.4) is 0 Å². The molecule has 0 fully saturated rings. The van der Waals surface area contributed by atoms with Gasteiger partial charge in [-0.25, -0.2) is 8.42 Å². The molecule has 0 saturated carbocycles. The molecule has 0 radical (unpaired) electrons. The van der Waals surface area contributed by atoms with Gasteiger partial charge in [-0.2, -0.15) is 0 Å². The van der Waals surface area contributed by atoms with E-state index in [-0.39, 0.29) is 0 Å². The first-order valence-corrected chi connectivity index (χ1v) is 13.4. The maximum Gasteiger partial charge on any atom is 0.0916 e. The highest BCUT2D eigenvalue weighted by molar-refractivity contribution is 7.84. The second kappa shape index (κ2) is 22.5. The van der Waals surface area contributed by atoms with Crippen molar-refractivity contribution in [2.24, 2.45) is 0 Å². The quantitative estimate of drug-likeness (QED) is 0.192. The first-order valence-electron chi connectivity index (χ1n) is 11.6. The van der Waals surface area contributed by atoms with Crippen LogP contribution in [0.5, 0.6) is 0 Å². The van der Waals surface area contributed by atoms with Gasteiger partial charge in [-0.15, -0.1) is 0 Å². The minimum atomic E-state index is -3.92. The summed E-state index contributed by atoms with van der Waals surface area (Å²) in [4.78, 5) is 2.00. The van der Waals surface area contributed by atoms with Crippen LogP contribution in [0.15, 0.2) is 0 Å². The van der Waals surface area contributed by atoms with E-state index in [2.05, 4.69) is 28.1 Å². The third kappa shape index (κ3) is 65.6. The lowest BCUT2D eigenvalue weighted by atomic mass is 10.0. The fraction of sp³-hybridized carbons (Fsp3) is 1.00. The predicted molar refractivity (Wildman–Crippen MR) is 128 cm³/mol. The molecule has 6 heteroatoms. The van der Waals surface area contributed by atoms with E-state index >= 15 is 0 Å². The number of nitrogens with zero attached hydrogens (tertiary/aromatic N) is 2. The fourth-order valence-electron chi connectivity index (χ4n) is 2.78. The van der Waals surface area contributed by atoms with E-state index in [0.29, 0.717) is 6.26 Å². The van der Waals surface area contributed by atoms with Crippen LogP contribution in [-0.4, -0.2) is 77.4 Å². The van der Waals surface area contributed by atoms with Crippen LogP contribution in [-0.2, 0) is 10.1 Å². The van der Waals surface area contributed by atoms with Gasteiger partial charge >= 0.3 is 0 Å². The van der Waals surface area contributed by atoms with E-state index in [1.54, 1.807) is 0 Å². The molecule has 0 aliphatic heterocycles. The van der Waals surface area contributed by atoms with Gasteiger partial charge < -0.3 is 13.9 Å². The van der Waals surface area contributed by atoms with E-state index in [9.17, 15) is 0 Å². The summed E-state index contributed by atoms with van der Waals surface area (Å²) >= 11 is 0. The Morgan fingerprint density at radius 1 is 0.655 bits per heavy atom. The van der Waals surface area contributed by atoms with E-state index in [1.807, 2.05) is 26.0 Å². The van der Waals surface area contributed by atoms with Gasteiger partial charge in [-0.3, -0.25) is 0 Å². The average molecular weight is 439 g/mol. The maximum absolute atomic E-state index is 9.08. The van der Waals surface area contributed by atoms with Gasteiger partial charge in [-0.1, -0.05) is 84.0 Å². The molecule has 0 bridgehead atoms. The monoisotopic (exact) mass is 438 g/mol. The second-order valence-corrected chi connectivity index (χ2v) is 11.1. The van der Waals surface area contributed by atoms with Crippen LogP contribution in [0, 0.1) is 0 Å². The number of hydrogen-bond donors (Lipinski definition) is 0. The van der Waals surface area contributed by atoms with Crippen molar-refractivity contribution in [1.82, 2.24) is 4.90 Å². The molecule has 0 aliphatic carbocycles. The van der Waals surface area contributed by atoms with Crippen LogP contribution in [0.1, 0.15) is 96.8 Å². The van der Waals surface area contributed by atoms with E-state index < -0.39 is 10.1 Å². The minimum Gasteiger partial charge on any atom is -0.748 e. The molecule has 180 valence electrons. The highest BCUT2D eigenvalue weighted by Gasteiger charge is 2.04. The van der Waals surface area contributed by atoms with Gasteiger partial charge in [0.2, 0.25) is 0 Å². The summed E-state index contributed by atoms with van der Waals surface area (Å²) in [6.45, 7) is 3.63. The molecule has 5 nitrogen and oxygen atoms in total. The zero-order chi connectivity index (χ0) is 23.2. The summed E-state index contributed by atoms with van der Waals surface area (Å²) in [7, 11) is 8.97. The van der Waals surface area contributed by atoms with Gasteiger partial charge in [0.1, 0.15) is 0 Å². The van der Waals surface area contributed by atoms with E-state index in [0.717, 1.165) is 4.48 Å². The van der Waals surface area contributed by atoms with Crippen molar-refractivity contribution in [2.75, 3.05) is 55.1 Å². The Bertz CT molecular complexity index is 394. The molecule has 0 atom stereocenters. The zero-order valence-electron chi connectivity index (χ0n) is 21.1. The van der Waals surface area contributed by atoms with Crippen molar-refractivity contribution in [3.05, 3.63) is 0 Å². The summed E-state index contributed by atoms with van der Waals surface area (Å²) in [5.41, 5.74) is 0. The van der Waals surface area contributed by atoms with Crippen molar-refractivity contribution in [1.29, 1.82) is 0 Å². The summed E-state index contributed by atoms with van der Waals surface area (Å²) in [5.74, 6) is 0. The maximum atomic E-state index is 9.08. The van der Waals surface area contributed by atoms with Crippen molar-refractivity contribution in [3.63, 3.8) is 0 Å². The zero-order valence-corrected chi connectivity index (χ0v) is 22.0. The molecular weight excluding hydrogens is 384 g/mol. The lowest BCUT2D eigenvalue weighted by Gasteiger charge is -2.23. The second-order valence-electron chi connectivity index (χ2n) is 9.66. The Balaban J connectivity index is -0.000000623. The molecule has 29 heavy (non-hydrogen) atoms. The Morgan fingerprint density at radius 3 is 1.07 bits per heavy atom. The number of quaternary nitrogens is 1. The standard InChI is InChI=1S/C19H42N.C3H9N.CH4O3S/c1-5-6-7-8-9-10-11-12-13-14-15-16-17-18-19-20(2,3)4;1-4(2)3;1-5(2,3)4/h5-19H2,1-4H3;1-3H3;1H3,(H,2,3,4)/q+1;;/p-1. The molecular formula is C23H54N2O3S. The molecule has 0 aliphatic rings. The molecule has 0 spiro atoms. The summed E-state index contributed by atoms with van der Waals surface area (Å²) in [6.07, 6.45) is 21.0. The fourth-order valence-corrected chi connectivity index (χ4v) is 2.78. The van der Waals surface area contributed by atoms with Gasteiger partial charge in [-0.05, 0) is 34.0 Å². The number of unbranched alkanes of at least 4 members (excludes halogenated alkanes) is 13.